The van der Waals surface area contributed by atoms with Crippen molar-refractivity contribution in [3.63, 3.8) is 0 Å². The number of hydrogen-bond acceptors (Lipinski definition) is 5. The molecule has 2 heterocycles. The number of non-ortho nitro benzene ring substituents is 1. The van der Waals surface area contributed by atoms with E-state index in [1.165, 1.54) is 17.7 Å². The van der Waals surface area contributed by atoms with Crippen LogP contribution in [0.5, 0.6) is 0 Å². The third-order valence-corrected chi connectivity index (χ3v) is 9.02. The van der Waals surface area contributed by atoms with Gasteiger partial charge in [0.1, 0.15) is 0 Å². The van der Waals surface area contributed by atoms with Crippen LogP contribution in [0.1, 0.15) is 57.5 Å². The SMILES string of the molecule is CC1Cc2ccccc2N1C(=O)C12CCC(C)(c3nc4ccc([N+](=O)[O-])cc4nc31)C2(C)C. The second kappa shape index (κ2) is 6.16. The molecule has 1 aromatic heterocycles. The van der Waals surface area contributed by atoms with E-state index in [0.29, 0.717) is 23.1 Å². The number of para-hydroxylation sites is 1. The van der Waals surface area contributed by atoms with Gasteiger partial charge in [0.2, 0.25) is 5.91 Å². The molecular weight excluding hydrogens is 416 g/mol. The average Bonchev–Trinajstić information content (AvgIpc) is 3.28. The Morgan fingerprint density at radius 2 is 1.79 bits per heavy atom. The van der Waals surface area contributed by atoms with Gasteiger partial charge < -0.3 is 4.90 Å². The first-order chi connectivity index (χ1) is 15.6. The molecular formula is C26H26N4O3. The van der Waals surface area contributed by atoms with Crippen LogP contribution >= 0.6 is 0 Å². The lowest BCUT2D eigenvalue weighted by Gasteiger charge is -2.42. The smallest absolute Gasteiger partial charge is 0.271 e. The van der Waals surface area contributed by atoms with E-state index in [1.807, 2.05) is 23.1 Å². The quantitative estimate of drug-likeness (QED) is 0.418. The second-order valence-corrected chi connectivity index (χ2v) is 10.6. The highest BCUT2D eigenvalue weighted by Crippen LogP contribution is 2.70. The fraction of sp³-hybridized carbons (Fsp3) is 0.423. The molecule has 2 aliphatic carbocycles. The Balaban J connectivity index is 1.60. The van der Waals surface area contributed by atoms with E-state index in [4.69, 9.17) is 9.97 Å². The zero-order valence-corrected chi connectivity index (χ0v) is 19.3. The summed E-state index contributed by atoms with van der Waals surface area (Å²) in [5, 5.41) is 11.4. The standard InChI is InChI=1S/C26H26N4O3/c1-15-13-16-7-5-6-8-20(16)29(15)23(31)26-12-11-25(4,24(26,2)3)21-22(26)28-19-14-17(30(32)33)9-10-18(19)27-21/h5-10,14-15H,11-13H2,1-4H3. The monoisotopic (exact) mass is 442 g/mol. The minimum Gasteiger partial charge on any atom is -0.308 e. The molecule has 7 heteroatoms. The Kier molecular flexibility index (Phi) is 3.78. The molecule has 1 saturated carbocycles. The van der Waals surface area contributed by atoms with E-state index >= 15 is 0 Å². The van der Waals surface area contributed by atoms with E-state index in [0.717, 1.165) is 24.2 Å². The third kappa shape index (κ3) is 2.22. The first kappa shape index (κ1) is 20.3. The molecule has 1 aliphatic heterocycles. The van der Waals surface area contributed by atoms with Crippen molar-refractivity contribution in [2.24, 2.45) is 5.41 Å². The normalized spacial score (nSPS) is 28.7. The van der Waals surface area contributed by atoms with Crippen LogP contribution in [-0.2, 0) is 22.0 Å². The van der Waals surface area contributed by atoms with E-state index in [2.05, 4.69) is 33.8 Å². The lowest BCUT2D eigenvalue weighted by atomic mass is 9.63. The zero-order valence-electron chi connectivity index (χ0n) is 19.3. The Morgan fingerprint density at radius 1 is 1.06 bits per heavy atom. The first-order valence-electron chi connectivity index (χ1n) is 11.5. The van der Waals surface area contributed by atoms with Crippen molar-refractivity contribution in [1.82, 2.24) is 9.97 Å². The predicted octanol–water partition coefficient (Wildman–Crippen LogP) is 4.84. The minimum atomic E-state index is -0.825. The van der Waals surface area contributed by atoms with Gasteiger partial charge in [0.15, 0.2) is 0 Å². The molecule has 1 amide bonds. The Labute approximate surface area is 192 Å². The molecule has 6 rings (SSSR count). The van der Waals surface area contributed by atoms with Crippen LogP contribution in [0.15, 0.2) is 42.5 Å². The maximum Gasteiger partial charge on any atom is 0.271 e. The van der Waals surface area contributed by atoms with Crippen LogP contribution in [0.4, 0.5) is 11.4 Å². The van der Waals surface area contributed by atoms with Crippen molar-refractivity contribution >= 4 is 28.3 Å². The van der Waals surface area contributed by atoms with Crippen LogP contribution in [0.2, 0.25) is 0 Å². The van der Waals surface area contributed by atoms with Crippen LogP contribution in [0.25, 0.3) is 11.0 Å². The highest BCUT2D eigenvalue weighted by atomic mass is 16.6. The predicted molar refractivity (Wildman–Crippen MR) is 125 cm³/mol. The molecule has 3 aromatic rings. The van der Waals surface area contributed by atoms with E-state index in [-0.39, 0.29) is 23.1 Å². The maximum absolute atomic E-state index is 14.6. The van der Waals surface area contributed by atoms with Crippen molar-refractivity contribution in [2.75, 3.05) is 4.90 Å². The molecule has 168 valence electrons. The maximum atomic E-state index is 14.6. The third-order valence-electron chi connectivity index (χ3n) is 9.02. The Bertz CT molecular complexity index is 1380. The molecule has 2 aromatic carbocycles. The number of anilines is 1. The largest absolute Gasteiger partial charge is 0.308 e. The summed E-state index contributed by atoms with van der Waals surface area (Å²) in [7, 11) is 0. The van der Waals surface area contributed by atoms with Gasteiger partial charge in [-0.1, -0.05) is 39.0 Å². The van der Waals surface area contributed by atoms with Gasteiger partial charge in [-0.15, -0.1) is 0 Å². The van der Waals surface area contributed by atoms with Gasteiger partial charge in [-0.05, 0) is 49.3 Å². The molecule has 33 heavy (non-hydrogen) atoms. The summed E-state index contributed by atoms with van der Waals surface area (Å²) in [4.78, 5) is 37.4. The summed E-state index contributed by atoms with van der Waals surface area (Å²) >= 11 is 0. The van der Waals surface area contributed by atoms with Gasteiger partial charge in [-0.3, -0.25) is 14.9 Å². The number of benzene rings is 2. The first-order valence-corrected chi connectivity index (χ1v) is 11.5. The number of carbonyl (C=O) groups excluding carboxylic acids is 1. The molecule has 0 saturated heterocycles. The van der Waals surface area contributed by atoms with Crippen molar-refractivity contribution in [3.05, 3.63) is 69.5 Å². The summed E-state index contributed by atoms with van der Waals surface area (Å²) in [5.74, 6) is 0.0755. The van der Waals surface area contributed by atoms with Crippen LogP contribution in [0.3, 0.4) is 0 Å². The number of fused-ring (bicyclic) bond motifs is 7. The number of amides is 1. The molecule has 0 N–H and O–H groups in total. The fourth-order valence-electron chi connectivity index (χ4n) is 6.76. The number of rotatable bonds is 2. The molecule has 3 unspecified atom stereocenters. The van der Waals surface area contributed by atoms with E-state index in [1.54, 1.807) is 6.07 Å². The van der Waals surface area contributed by atoms with Crippen LogP contribution < -0.4 is 4.90 Å². The van der Waals surface area contributed by atoms with Crippen molar-refractivity contribution in [3.8, 4) is 0 Å². The molecule has 0 radical (unpaired) electrons. The summed E-state index contributed by atoms with van der Waals surface area (Å²) < 4.78 is 0. The Morgan fingerprint density at radius 3 is 2.55 bits per heavy atom. The van der Waals surface area contributed by atoms with E-state index < -0.39 is 15.8 Å². The van der Waals surface area contributed by atoms with Gasteiger partial charge in [-0.2, -0.15) is 0 Å². The number of nitro benzene ring substituents is 1. The number of aromatic nitrogens is 2. The molecule has 0 spiro atoms. The van der Waals surface area contributed by atoms with Crippen molar-refractivity contribution in [2.45, 2.75) is 63.8 Å². The summed E-state index contributed by atoms with van der Waals surface area (Å²) in [6.45, 7) is 8.63. The fourth-order valence-corrected chi connectivity index (χ4v) is 6.76. The van der Waals surface area contributed by atoms with Gasteiger partial charge in [0, 0.05) is 29.3 Å². The number of carbonyl (C=O) groups is 1. The molecule has 3 aliphatic rings. The average molecular weight is 443 g/mol. The molecule has 3 atom stereocenters. The van der Waals surface area contributed by atoms with Crippen molar-refractivity contribution in [1.29, 1.82) is 0 Å². The zero-order chi connectivity index (χ0) is 23.3. The van der Waals surface area contributed by atoms with Crippen LogP contribution in [0, 0.1) is 15.5 Å². The summed E-state index contributed by atoms with van der Waals surface area (Å²) in [5.41, 5.74) is 3.29. The van der Waals surface area contributed by atoms with Crippen LogP contribution in [-0.4, -0.2) is 26.8 Å². The highest BCUT2D eigenvalue weighted by molar-refractivity contribution is 6.05. The Hall–Kier alpha value is -3.35. The molecule has 2 bridgehead atoms. The number of nitro groups is 1. The summed E-state index contributed by atoms with van der Waals surface area (Å²) in [6, 6.07) is 12.8. The molecule has 1 fully saturated rings. The summed E-state index contributed by atoms with van der Waals surface area (Å²) in [6.07, 6.45) is 2.39. The highest BCUT2D eigenvalue weighted by Gasteiger charge is 2.74. The van der Waals surface area contributed by atoms with Gasteiger partial charge in [-0.25, -0.2) is 9.97 Å². The second-order valence-electron chi connectivity index (χ2n) is 10.6. The lowest BCUT2D eigenvalue weighted by Crippen LogP contribution is -2.54. The van der Waals surface area contributed by atoms with Crippen molar-refractivity contribution < 1.29 is 9.72 Å². The van der Waals surface area contributed by atoms with Gasteiger partial charge >= 0.3 is 0 Å². The number of nitrogens with zero attached hydrogens (tertiary/aromatic N) is 4. The topological polar surface area (TPSA) is 89.2 Å². The number of hydrogen-bond donors (Lipinski definition) is 0. The van der Waals surface area contributed by atoms with E-state index in [9.17, 15) is 14.9 Å². The van der Waals surface area contributed by atoms with Gasteiger partial charge in [0.25, 0.3) is 5.69 Å². The molecule has 7 nitrogen and oxygen atoms in total. The lowest BCUT2D eigenvalue weighted by molar-refractivity contribution is -0.384. The minimum absolute atomic E-state index is 0.0205. The van der Waals surface area contributed by atoms with Gasteiger partial charge in [0.05, 0.1) is 32.8 Å².